The molecule has 2 N–H and O–H groups in total. The number of nitriles is 2. The second-order valence-corrected chi connectivity index (χ2v) is 34.9. The van der Waals surface area contributed by atoms with Crippen LogP contribution in [0.3, 0.4) is 0 Å². The Morgan fingerprint density at radius 3 is 1.09 bits per heavy atom. The van der Waals surface area contributed by atoms with E-state index in [4.69, 9.17) is 13.1 Å². The van der Waals surface area contributed by atoms with Gasteiger partial charge in [-0.25, -0.2) is 9.69 Å². The van der Waals surface area contributed by atoms with E-state index in [1.807, 2.05) is 102 Å². The molecule has 0 unspecified atom stereocenters. The van der Waals surface area contributed by atoms with Gasteiger partial charge in [-0.3, -0.25) is 0 Å². The Morgan fingerprint density at radius 2 is 0.727 bits per heavy atom. The van der Waals surface area contributed by atoms with E-state index in [1.54, 1.807) is 0 Å². The molecule has 2 aliphatic rings. The minimum Gasteiger partial charge on any atom is -0.356 e. The first kappa shape index (κ1) is 66.7. The van der Waals surface area contributed by atoms with Crippen LogP contribution in [0.2, 0.25) is 0 Å². The highest BCUT2D eigenvalue weighted by molar-refractivity contribution is 7.00. The molecule has 0 bridgehead atoms. The molecule has 110 heavy (non-hydrogen) atoms. The minimum absolute atomic E-state index is 0.119. The van der Waals surface area contributed by atoms with Gasteiger partial charge in [0.05, 0.1) is 58.6 Å². The van der Waals surface area contributed by atoms with Gasteiger partial charge in [0.1, 0.15) is 0 Å². The average Bonchev–Trinajstić information content (AvgIpc) is 1.14. The number of anilines is 4. The number of nitrogens with zero attached hydrogens (tertiary/aromatic N) is 5. The molecule has 0 saturated heterocycles. The lowest BCUT2D eigenvalue weighted by atomic mass is 9.33. The maximum absolute atomic E-state index is 10.4. The maximum atomic E-state index is 10.4. The van der Waals surface area contributed by atoms with Gasteiger partial charge in [-0.2, -0.15) is 10.5 Å². The summed E-state index contributed by atoms with van der Waals surface area (Å²) in [5, 5.41) is 30.4. The monoisotopic (exact) mass is 1430 g/mol. The highest BCUT2D eigenvalue weighted by Gasteiger charge is 2.42. The average molecular weight is 1430 g/mol. The molecule has 0 saturated carbocycles. The molecule has 13 aromatic carbocycles. The summed E-state index contributed by atoms with van der Waals surface area (Å²) in [6.07, 6.45) is 0. The molecule has 16 rings (SSSR count). The van der Waals surface area contributed by atoms with Gasteiger partial charge in [0.15, 0.2) is 11.4 Å². The van der Waals surface area contributed by atoms with Crippen LogP contribution >= 0.6 is 0 Å². The molecule has 0 spiro atoms. The van der Waals surface area contributed by atoms with Gasteiger partial charge in [0.25, 0.3) is 6.71 Å². The van der Waals surface area contributed by atoms with Crippen LogP contribution in [-0.2, 0) is 27.1 Å². The first-order valence-electron chi connectivity index (χ1n) is 39.8. The Labute approximate surface area is 654 Å². The largest absolute Gasteiger partial charge is 0.356 e. The number of para-hydroxylation sites is 1. The fourth-order valence-electron chi connectivity index (χ4n) is 16.1. The van der Waals surface area contributed by atoms with E-state index in [9.17, 15) is 16.0 Å². The summed E-state index contributed by atoms with van der Waals surface area (Å²) in [4.78, 5) is 7.72. The molecule has 534 valence electrons. The lowest BCUT2D eigenvalue weighted by Gasteiger charge is -2.38. The summed E-state index contributed by atoms with van der Waals surface area (Å²) in [6, 6.07) is 82.4. The maximum Gasteiger partial charge on any atom is 0.252 e. The van der Waals surface area contributed by atoms with Crippen molar-refractivity contribution in [2.24, 2.45) is 0 Å². The number of aromatic nitrogens is 1. The van der Waals surface area contributed by atoms with Crippen molar-refractivity contribution in [3.8, 4) is 107 Å². The Bertz CT molecular complexity index is 6030. The normalized spacial score (nSPS) is 13.1. The third kappa shape index (κ3) is 12.8. The van der Waals surface area contributed by atoms with Crippen molar-refractivity contribution in [2.45, 2.75) is 131 Å². The molecule has 14 aromatic rings. The van der Waals surface area contributed by atoms with Crippen molar-refractivity contribution in [1.29, 1.82) is 10.5 Å². The van der Waals surface area contributed by atoms with Gasteiger partial charge < -0.3 is 15.2 Å². The Hall–Kier alpha value is -12.7. The van der Waals surface area contributed by atoms with Crippen LogP contribution in [0.4, 0.5) is 34.1 Å². The van der Waals surface area contributed by atoms with Crippen molar-refractivity contribution >= 4 is 79.0 Å². The second kappa shape index (κ2) is 26.6. The van der Waals surface area contributed by atoms with E-state index in [-0.39, 0.29) is 51.2 Å². The van der Waals surface area contributed by atoms with Crippen LogP contribution in [0.25, 0.3) is 126 Å². The summed E-state index contributed by atoms with van der Waals surface area (Å²) in [5.74, 6) is 0. The number of hydrogen-bond acceptors (Lipinski definition) is 4. The van der Waals surface area contributed by atoms with Crippen LogP contribution in [0, 0.1) is 35.8 Å². The van der Waals surface area contributed by atoms with Crippen molar-refractivity contribution in [3.05, 3.63) is 310 Å². The molecule has 0 fully saturated rings. The molecular formula is C102H88BN7. The second-order valence-electron chi connectivity index (χ2n) is 34.9. The van der Waals surface area contributed by atoms with Gasteiger partial charge in [-0.1, -0.05) is 286 Å². The van der Waals surface area contributed by atoms with E-state index in [2.05, 4.69) is 264 Å². The quantitative estimate of drug-likeness (QED) is 0.111. The number of benzene rings is 13. The minimum atomic E-state index is -0.577. The Morgan fingerprint density at radius 1 is 0.364 bits per heavy atom. The summed E-state index contributed by atoms with van der Waals surface area (Å²) < 4.78 is 40.5. The molecule has 3 heterocycles. The first-order valence-corrected chi connectivity index (χ1v) is 37.8. The Balaban J connectivity index is 1.13. The zero-order chi connectivity index (χ0) is 80.7. The van der Waals surface area contributed by atoms with Crippen molar-refractivity contribution < 1.29 is 5.48 Å². The van der Waals surface area contributed by atoms with Gasteiger partial charge in [-0.05, 0) is 216 Å². The molecule has 2 aliphatic heterocycles. The van der Waals surface area contributed by atoms with E-state index in [0.29, 0.717) is 50.0 Å². The lowest BCUT2D eigenvalue weighted by Crippen LogP contribution is -2.59. The van der Waals surface area contributed by atoms with E-state index < -0.39 is 6.71 Å². The molecule has 1 aromatic heterocycles. The zero-order valence-corrected chi connectivity index (χ0v) is 65.2. The van der Waals surface area contributed by atoms with Crippen molar-refractivity contribution in [3.63, 3.8) is 0 Å². The molecule has 8 heteroatoms. The molecule has 0 atom stereocenters. The van der Waals surface area contributed by atoms with Gasteiger partial charge in [-0.15, -0.1) is 0 Å². The molecular weight excluding hydrogens is 1330 g/mol. The number of hydrogen-bond donors (Lipinski definition) is 2. The topological polar surface area (TPSA) is 85.3 Å². The predicted octanol–water partition coefficient (Wildman–Crippen LogP) is 26.1. The smallest absolute Gasteiger partial charge is 0.252 e. The summed E-state index contributed by atoms with van der Waals surface area (Å²) in [6.45, 7) is 49.5. The van der Waals surface area contributed by atoms with Crippen molar-refractivity contribution in [2.75, 3.05) is 10.6 Å². The molecule has 0 aliphatic carbocycles. The van der Waals surface area contributed by atoms with E-state index in [1.165, 1.54) is 22.3 Å². The first-order chi connectivity index (χ1) is 54.1. The number of fused-ring (bicyclic) bond motifs is 7. The third-order valence-corrected chi connectivity index (χ3v) is 22.4. The fourth-order valence-corrected chi connectivity index (χ4v) is 16.1. The molecule has 7 nitrogen and oxygen atoms in total. The highest BCUT2D eigenvalue weighted by atomic mass is 15.0. The van der Waals surface area contributed by atoms with Crippen LogP contribution in [0.15, 0.2) is 249 Å². The van der Waals surface area contributed by atoms with Gasteiger partial charge >= 0.3 is 0 Å². The number of nitrogens with one attached hydrogen (secondary N) is 2. The van der Waals surface area contributed by atoms with Crippen LogP contribution in [0.1, 0.15) is 148 Å². The molecule has 0 amide bonds. The number of rotatable bonds is 9. The summed E-state index contributed by atoms with van der Waals surface area (Å²) in [7, 11) is 0. The van der Waals surface area contributed by atoms with Gasteiger partial charge in [0, 0.05) is 44.6 Å². The SMILES string of the molecule is [2H]c1c([2H])c([2H])c2c(c1[2H])c1cc(C(C)(C)C)ccc1n2-c1cc2c3c(c1)Nc1c(cc(-c4cc(C(C)(C)C)cc(C(C)(C)C)c4)cc1-c1c(-c4ccc([N+]#[C-])cc4)cccc1-c1ccc([N+]#[C-])cc1)B3c1cc(-c3cc(C(C)(C)C)cc(C(C)(C)C)c3)cc(-c3c(-c4ccc(C#N)cc4)cccc3-c3ccc(C#N)cc3)c1N2. The van der Waals surface area contributed by atoms with Crippen molar-refractivity contribution in [1.82, 2.24) is 4.57 Å². The summed E-state index contributed by atoms with van der Waals surface area (Å²) in [5.41, 5.74) is 29.4. The van der Waals surface area contributed by atoms with Crippen LogP contribution in [-0.4, -0.2) is 11.3 Å². The highest BCUT2D eigenvalue weighted by Crippen LogP contribution is 2.52. The zero-order valence-electron chi connectivity index (χ0n) is 69.2. The van der Waals surface area contributed by atoms with E-state index in [0.717, 1.165) is 134 Å². The van der Waals surface area contributed by atoms with Gasteiger partial charge in [0.2, 0.25) is 0 Å². The predicted molar refractivity (Wildman–Crippen MR) is 464 cm³/mol. The van der Waals surface area contributed by atoms with Crippen LogP contribution < -0.4 is 27.0 Å². The third-order valence-electron chi connectivity index (χ3n) is 22.4. The summed E-state index contributed by atoms with van der Waals surface area (Å²) >= 11 is 0. The lowest BCUT2D eigenvalue weighted by molar-refractivity contribution is 0.568. The molecule has 0 radical (unpaired) electrons. The van der Waals surface area contributed by atoms with E-state index >= 15 is 0 Å². The fraction of sp³-hybridized carbons (Fsp3) is 0.196. The Kier molecular flexibility index (Phi) is 16.1. The van der Waals surface area contributed by atoms with Crippen LogP contribution in [0.5, 0.6) is 0 Å². The standard InChI is InChI=1S/C102H88BN7/c1-98(2,3)71-40-45-92-84(56-71)83-22-18-19-27-91(83)110(92)78-57-89-95-90(58-78)109-97-86(94-81(65-36-41-76(106-16)42-37-65)25-21-26-82(94)66-38-43-77(107-17)44-39-66)51-70(68-48-74(101(10,11)12)55-75(49-68)102(13,14)15)53-88(97)103(95)87-52-69(67-46-72(99(4,5)6)54-73(47-67)100(7,8)9)50-85(96(87)108-89)93-79(63-32-28-61(59-104)29-33-63)23-20-24-80(93)64-34-30-62(60-105)31-35-64/h18-58,108-109H,1-15H3/i18D,19D,22D,27D.